The molecule has 0 aromatic heterocycles. The molecule has 2 unspecified atom stereocenters. The Balaban J connectivity index is 2.32. The average Bonchev–Trinajstić information content (AvgIpc) is 2.72. The minimum absolute atomic E-state index is 0.178. The van der Waals surface area contributed by atoms with E-state index in [1.54, 1.807) is 12.2 Å². The van der Waals surface area contributed by atoms with Crippen molar-refractivity contribution in [2.45, 2.75) is 19.4 Å². The molecule has 1 aromatic rings. The van der Waals surface area contributed by atoms with Crippen molar-refractivity contribution >= 4 is 5.78 Å². The number of Topliss-reactive ketones (excluding diaryl/α,β-unsaturated/α-hetero) is 1. The van der Waals surface area contributed by atoms with Crippen molar-refractivity contribution in [3.8, 4) is 0 Å². The third-order valence-corrected chi connectivity index (χ3v) is 2.99. The van der Waals surface area contributed by atoms with Crippen LogP contribution in [-0.4, -0.2) is 11.8 Å². The second kappa shape index (κ2) is 4.37. The summed E-state index contributed by atoms with van der Waals surface area (Å²) in [6.07, 6.45) is 3.82. The number of rotatable bonds is 2. The van der Waals surface area contributed by atoms with Gasteiger partial charge in [-0.05, 0) is 25.0 Å². The predicted octanol–water partition coefficient (Wildman–Crippen LogP) is 2.36. The molecule has 2 atom stereocenters. The fourth-order valence-corrected chi connectivity index (χ4v) is 1.96. The molecule has 0 spiro atoms. The smallest absolute Gasteiger partial charge is 0.172 e. The first kappa shape index (κ1) is 11.9. The molecule has 1 aliphatic carbocycles. The summed E-state index contributed by atoms with van der Waals surface area (Å²) in [7, 11) is 0. The molecule has 0 radical (unpaired) electrons. The summed E-state index contributed by atoms with van der Waals surface area (Å²) >= 11 is 0. The lowest BCUT2D eigenvalue weighted by Crippen LogP contribution is -2.20. The van der Waals surface area contributed by atoms with Crippen molar-refractivity contribution in [2.75, 3.05) is 0 Å². The molecule has 1 aliphatic rings. The Kier molecular flexibility index (Phi) is 3.07. The second-order valence-corrected chi connectivity index (χ2v) is 4.31. The van der Waals surface area contributed by atoms with Crippen LogP contribution < -0.4 is 5.73 Å². The summed E-state index contributed by atoms with van der Waals surface area (Å²) in [5, 5.41) is 0. The summed E-state index contributed by atoms with van der Waals surface area (Å²) < 4.78 is 27.0. The lowest BCUT2D eigenvalue weighted by Gasteiger charge is -2.10. The van der Waals surface area contributed by atoms with Crippen LogP contribution in [0.5, 0.6) is 0 Å². The minimum Gasteiger partial charge on any atom is -0.324 e. The van der Waals surface area contributed by atoms with Gasteiger partial charge in [0, 0.05) is 12.0 Å². The summed E-state index contributed by atoms with van der Waals surface area (Å²) in [5.41, 5.74) is 5.62. The van der Waals surface area contributed by atoms with Gasteiger partial charge in [0.2, 0.25) is 0 Å². The molecule has 0 amide bonds. The molecule has 2 N–H and O–H groups in total. The molecule has 1 aromatic carbocycles. The number of carbonyl (C=O) groups excluding carboxylic acids is 1. The summed E-state index contributed by atoms with van der Waals surface area (Å²) in [6.45, 7) is 1.46. The topological polar surface area (TPSA) is 43.1 Å². The van der Waals surface area contributed by atoms with Crippen LogP contribution in [0, 0.1) is 24.5 Å². The maximum Gasteiger partial charge on any atom is 0.172 e. The van der Waals surface area contributed by atoms with E-state index >= 15 is 0 Å². The van der Waals surface area contributed by atoms with Crippen molar-refractivity contribution in [1.29, 1.82) is 0 Å². The number of ketones is 1. The maximum atomic E-state index is 13.6. The quantitative estimate of drug-likeness (QED) is 0.633. The van der Waals surface area contributed by atoms with Crippen LogP contribution in [0.25, 0.3) is 0 Å². The van der Waals surface area contributed by atoms with Crippen LogP contribution >= 0.6 is 0 Å². The van der Waals surface area contributed by atoms with E-state index in [1.807, 2.05) is 0 Å². The van der Waals surface area contributed by atoms with Gasteiger partial charge in [-0.1, -0.05) is 18.2 Å². The van der Waals surface area contributed by atoms with Gasteiger partial charge in [0.15, 0.2) is 17.4 Å². The van der Waals surface area contributed by atoms with Crippen molar-refractivity contribution in [1.82, 2.24) is 0 Å². The second-order valence-electron chi connectivity index (χ2n) is 4.31. The molecule has 0 saturated carbocycles. The summed E-state index contributed by atoms with van der Waals surface area (Å²) in [5.74, 6) is -2.88. The van der Waals surface area contributed by atoms with E-state index < -0.39 is 23.3 Å². The highest BCUT2D eigenvalue weighted by Gasteiger charge is 2.27. The molecule has 4 heteroatoms. The highest BCUT2D eigenvalue weighted by atomic mass is 19.2. The van der Waals surface area contributed by atoms with Gasteiger partial charge in [-0.15, -0.1) is 0 Å². The first-order valence-electron chi connectivity index (χ1n) is 5.43. The van der Waals surface area contributed by atoms with Crippen molar-refractivity contribution in [3.63, 3.8) is 0 Å². The zero-order valence-corrected chi connectivity index (χ0v) is 9.41. The molecule has 0 heterocycles. The van der Waals surface area contributed by atoms with Crippen LogP contribution in [-0.2, 0) is 0 Å². The zero-order chi connectivity index (χ0) is 12.6. The number of hydrogen-bond donors (Lipinski definition) is 1. The lowest BCUT2D eigenvalue weighted by molar-refractivity contribution is 0.0938. The van der Waals surface area contributed by atoms with E-state index in [-0.39, 0.29) is 17.2 Å². The Labute approximate surface area is 98.1 Å². The van der Waals surface area contributed by atoms with Crippen molar-refractivity contribution in [2.24, 2.45) is 11.7 Å². The molecule has 17 heavy (non-hydrogen) atoms. The van der Waals surface area contributed by atoms with E-state index in [1.165, 1.54) is 19.1 Å². The highest BCUT2D eigenvalue weighted by molar-refractivity contribution is 5.99. The average molecular weight is 237 g/mol. The molecule has 2 rings (SSSR count). The van der Waals surface area contributed by atoms with Crippen LogP contribution in [0.1, 0.15) is 22.3 Å². The van der Waals surface area contributed by atoms with E-state index in [9.17, 15) is 13.6 Å². The highest BCUT2D eigenvalue weighted by Crippen LogP contribution is 2.24. The number of benzene rings is 1. The Morgan fingerprint density at radius 3 is 2.59 bits per heavy atom. The Hall–Kier alpha value is -1.55. The Morgan fingerprint density at radius 1 is 1.29 bits per heavy atom. The standard InChI is InChI=1S/C13H13F2NO/c1-7-2-5-10(12(15)11(7)14)13(17)8-3-4-9(16)6-8/h2-5,8-9H,6,16H2,1H3. The third-order valence-electron chi connectivity index (χ3n) is 2.99. The monoisotopic (exact) mass is 237 g/mol. The normalized spacial score (nSPS) is 23.1. The molecule has 0 bridgehead atoms. The van der Waals surface area contributed by atoms with Gasteiger partial charge in [0.25, 0.3) is 0 Å². The van der Waals surface area contributed by atoms with Crippen LogP contribution in [0.4, 0.5) is 8.78 Å². The maximum absolute atomic E-state index is 13.6. The third kappa shape index (κ3) is 2.13. The fraction of sp³-hybridized carbons (Fsp3) is 0.308. The zero-order valence-electron chi connectivity index (χ0n) is 9.41. The van der Waals surface area contributed by atoms with E-state index in [2.05, 4.69) is 0 Å². The van der Waals surface area contributed by atoms with Gasteiger partial charge < -0.3 is 5.73 Å². The molecule has 2 nitrogen and oxygen atoms in total. The summed E-state index contributed by atoms with van der Waals surface area (Å²) in [4.78, 5) is 12.0. The van der Waals surface area contributed by atoms with Crippen LogP contribution in [0.15, 0.2) is 24.3 Å². The Morgan fingerprint density at radius 2 is 2.00 bits per heavy atom. The lowest BCUT2D eigenvalue weighted by atomic mass is 9.95. The molecule has 0 aliphatic heterocycles. The van der Waals surface area contributed by atoms with Gasteiger partial charge in [-0.25, -0.2) is 8.78 Å². The number of carbonyl (C=O) groups is 1. The molecular weight excluding hydrogens is 224 g/mol. The predicted molar refractivity (Wildman–Crippen MR) is 60.6 cm³/mol. The first-order chi connectivity index (χ1) is 8.00. The van der Waals surface area contributed by atoms with Crippen molar-refractivity contribution in [3.05, 3.63) is 47.0 Å². The summed E-state index contributed by atoms with van der Waals surface area (Å²) in [6, 6.07) is 2.56. The Bertz CT molecular complexity index is 496. The molecule has 0 fully saturated rings. The van der Waals surface area contributed by atoms with Crippen molar-refractivity contribution < 1.29 is 13.6 Å². The number of allylic oxidation sites excluding steroid dienone is 1. The van der Waals surface area contributed by atoms with Gasteiger partial charge in [-0.2, -0.15) is 0 Å². The first-order valence-corrected chi connectivity index (χ1v) is 5.43. The number of nitrogens with two attached hydrogens (primary N) is 1. The number of aryl methyl sites for hydroxylation is 1. The van der Waals surface area contributed by atoms with E-state index in [4.69, 9.17) is 5.73 Å². The SMILES string of the molecule is Cc1ccc(C(=O)C2C=CC(N)C2)c(F)c1F. The molecule has 90 valence electrons. The molecule has 0 saturated heterocycles. The van der Waals surface area contributed by atoms with Gasteiger partial charge in [0.1, 0.15) is 0 Å². The van der Waals surface area contributed by atoms with Crippen LogP contribution in [0.2, 0.25) is 0 Å². The van der Waals surface area contributed by atoms with Gasteiger partial charge in [-0.3, -0.25) is 4.79 Å². The molecular formula is C13H13F2NO. The van der Waals surface area contributed by atoms with Gasteiger partial charge >= 0.3 is 0 Å². The van der Waals surface area contributed by atoms with Gasteiger partial charge in [0.05, 0.1) is 5.56 Å². The number of hydrogen-bond acceptors (Lipinski definition) is 2. The van der Waals surface area contributed by atoms with E-state index in [0.717, 1.165) is 0 Å². The number of halogens is 2. The van der Waals surface area contributed by atoms with E-state index in [0.29, 0.717) is 6.42 Å². The fourth-order valence-electron chi connectivity index (χ4n) is 1.96. The van der Waals surface area contributed by atoms with Crippen LogP contribution in [0.3, 0.4) is 0 Å². The minimum atomic E-state index is -1.07. The largest absolute Gasteiger partial charge is 0.324 e.